The predicted octanol–water partition coefficient (Wildman–Crippen LogP) is 2.18. The average molecular weight is 261 g/mol. The summed E-state index contributed by atoms with van der Waals surface area (Å²) in [7, 11) is 0. The number of hydrogen-bond acceptors (Lipinski definition) is 4. The first-order valence-electron chi connectivity index (χ1n) is 6.91. The van der Waals surface area contributed by atoms with E-state index in [4.69, 9.17) is 10.6 Å². The summed E-state index contributed by atoms with van der Waals surface area (Å²) in [6, 6.07) is 4.20. The van der Waals surface area contributed by atoms with E-state index in [0.29, 0.717) is 19.1 Å². The van der Waals surface area contributed by atoms with Crippen LogP contribution in [0.5, 0.6) is 0 Å². The SMILES string of the molecule is C=C1CCC(CCONCc2ccncc2)C(N)C1. The molecule has 2 unspecified atom stereocenters. The molecule has 1 aromatic heterocycles. The lowest BCUT2D eigenvalue weighted by molar-refractivity contribution is 0.0250. The zero-order valence-corrected chi connectivity index (χ0v) is 11.3. The molecular formula is C15H23N3O. The van der Waals surface area contributed by atoms with Crippen molar-refractivity contribution in [2.24, 2.45) is 11.7 Å². The van der Waals surface area contributed by atoms with Gasteiger partial charge < -0.3 is 10.6 Å². The molecule has 1 fully saturated rings. The van der Waals surface area contributed by atoms with Crippen molar-refractivity contribution in [2.45, 2.75) is 38.3 Å². The van der Waals surface area contributed by atoms with Crippen LogP contribution in [0.15, 0.2) is 36.7 Å². The maximum absolute atomic E-state index is 6.13. The number of hydrogen-bond donors (Lipinski definition) is 2. The maximum atomic E-state index is 6.13. The smallest absolute Gasteiger partial charge is 0.0685 e. The van der Waals surface area contributed by atoms with E-state index in [1.54, 1.807) is 12.4 Å². The lowest BCUT2D eigenvalue weighted by Crippen LogP contribution is -2.34. The summed E-state index contributed by atoms with van der Waals surface area (Å²) in [6.45, 7) is 5.42. The van der Waals surface area contributed by atoms with Crippen molar-refractivity contribution < 1.29 is 4.84 Å². The highest BCUT2D eigenvalue weighted by molar-refractivity contribution is 5.08. The largest absolute Gasteiger partial charge is 0.327 e. The highest BCUT2D eigenvalue weighted by Crippen LogP contribution is 2.28. The Morgan fingerprint density at radius 2 is 2.21 bits per heavy atom. The summed E-state index contributed by atoms with van der Waals surface area (Å²) < 4.78 is 0. The van der Waals surface area contributed by atoms with Gasteiger partial charge in [-0.25, -0.2) is 0 Å². The molecule has 1 aliphatic rings. The van der Waals surface area contributed by atoms with Gasteiger partial charge in [0.2, 0.25) is 0 Å². The third kappa shape index (κ3) is 4.74. The highest BCUT2D eigenvalue weighted by atomic mass is 16.6. The van der Waals surface area contributed by atoms with Crippen LogP contribution in [0.3, 0.4) is 0 Å². The topological polar surface area (TPSA) is 60.2 Å². The molecule has 1 aliphatic carbocycles. The van der Waals surface area contributed by atoms with Gasteiger partial charge in [-0.3, -0.25) is 4.98 Å². The second-order valence-electron chi connectivity index (χ2n) is 5.23. The second kappa shape index (κ2) is 7.38. The molecule has 0 spiro atoms. The molecule has 1 saturated carbocycles. The van der Waals surface area contributed by atoms with E-state index in [0.717, 1.165) is 25.7 Å². The van der Waals surface area contributed by atoms with E-state index in [2.05, 4.69) is 17.0 Å². The molecule has 1 aromatic rings. The molecule has 4 nitrogen and oxygen atoms in total. The molecule has 19 heavy (non-hydrogen) atoms. The van der Waals surface area contributed by atoms with Crippen LogP contribution in [0.2, 0.25) is 0 Å². The molecular weight excluding hydrogens is 238 g/mol. The Morgan fingerprint density at radius 1 is 1.42 bits per heavy atom. The van der Waals surface area contributed by atoms with Crippen molar-refractivity contribution in [1.82, 2.24) is 10.5 Å². The first kappa shape index (κ1) is 14.2. The van der Waals surface area contributed by atoms with Gasteiger partial charge in [0.15, 0.2) is 0 Å². The lowest BCUT2D eigenvalue weighted by Gasteiger charge is -2.29. The maximum Gasteiger partial charge on any atom is 0.0685 e. The highest BCUT2D eigenvalue weighted by Gasteiger charge is 2.23. The van der Waals surface area contributed by atoms with Crippen molar-refractivity contribution in [3.63, 3.8) is 0 Å². The Morgan fingerprint density at radius 3 is 2.95 bits per heavy atom. The summed E-state index contributed by atoms with van der Waals surface area (Å²) >= 11 is 0. The van der Waals surface area contributed by atoms with Crippen LogP contribution in [-0.2, 0) is 11.4 Å². The summed E-state index contributed by atoms with van der Waals surface area (Å²) in [5.74, 6) is 0.563. The molecule has 0 aromatic carbocycles. The average Bonchev–Trinajstić information content (AvgIpc) is 2.42. The van der Waals surface area contributed by atoms with Crippen molar-refractivity contribution in [3.8, 4) is 0 Å². The molecule has 2 rings (SSSR count). The number of hydroxylamine groups is 1. The van der Waals surface area contributed by atoms with E-state index in [-0.39, 0.29) is 6.04 Å². The molecule has 0 amide bonds. The number of nitrogens with two attached hydrogens (primary N) is 1. The molecule has 3 N–H and O–H groups in total. The van der Waals surface area contributed by atoms with Crippen LogP contribution in [0, 0.1) is 5.92 Å². The molecule has 4 heteroatoms. The first-order valence-corrected chi connectivity index (χ1v) is 6.91. The quantitative estimate of drug-likeness (QED) is 0.468. The van der Waals surface area contributed by atoms with E-state index >= 15 is 0 Å². The van der Waals surface area contributed by atoms with Crippen molar-refractivity contribution in [2.75, 3.05) is 6.61 Å². The van der Waals surface area contributed by atoms with Crippen molar-refractivity contribution in [3.05, 3.63) is 42.2 Å². The Kier molecular flexibility index (Phi) is 5.51. The third-order valence-electron chi connectivity index (χ3n) is 3.72. The minimum absolute atomic E-state index is 0.255. The van der Waals surface area contributed by atoms with Crippen LogP contribution in [0.1, 0.15) is 31.2 Å². The van der Waals surface area contributed by atoms with Gasteiger partial charge in [-0.15, -0.1) is 0 Å². The monoisotopic (exact) mass is 261 g/mol. The first-order chi connectivity index (χ1) is 9.25. The third-order valence-corrected chi connectivity index (χ3v) is 3.72. The predicted molar refractivity (Wildman–Crippen MR) is 76.1 cm³/mol. The Labute approximate surface area is 115 Å². The van der Waals surface area contributed by atoms with Crippen LogP contribution in [0.4, 0.5) is 0 Å². The van der Waals surface area contributed by atoms with E-state index in [1.807, 2.05) is 12.1 Å². The Bertz CT molecular complexity index is 394. The van der Waals surface area contributed by atoms with Gasteiger partial charge >= 0.3 is 0 Å². The molecule has 0 saturated heterocycles. The normalized spacial score (nSPS) is 23.5. The molecule has 0 aliphatic heterocycles. The standard InChI is InChI=1S/C15H23N3O/c1-12-2-3-14(15(16)10-12)6-9-19-18-11-13-4-7-17-8-5-13/h4-5,7-8,14-15,18H,1-3,6,9-11,16H2. The van der Waals surface area contributed by atoms with Crippen LogP contribution in [-0.4, -0.2) is 17.6 Å². The molecule has 104 valence electrons. The van der Waals surface area contributed by atoms with Crippen LogP contribution in [0.25, 0.3) is 0 Å². The minimum atomic E-state index is 0.255. The fraction of sp³-hybridized carbons (Fsp3) is 0.533. The number of rotatable bonds is 6. The molecule has 0 radical (unpaired) electrons. The van der Waals surface area contributed by atoms with Crippen LogP contribution >= 0.6 is 0 Å². The van der Waals surface area contributed by atoms with E-state index in [9.17, 15) is 0 Å². The lowest BCUT2D eigenvalue weighted by atomic mass is 9.81. The van der Waals surface area contributed by atoms with E-state index in [1.165, 1.54) is 11.1 Å². The zero-order chi connectivity index (χ0) is 13.5. The molecule has 2 atom stereocenters. The summed E-state index contributed by atoms with van der Waals surface area (Å²) in [4.78, 5) is 9.44. The van der Waals surface area contributed by atoms with Gasteiger partial charge in [0, 0.05) is 25.0 Å². The van der Waals surface area contributed by atoms with Gasteiger partial charge in [0.1, 0.15) is 0 Å². The van der Waals surface area contributed by atoms with Gasteiger partial charge in [-0.2, -0.15) is 5.48 Å². The second-order valence-corrected chi connectivity index (χ2v) is 5.23. The number of nitrogens with one attached hydrogen (secondary N) is 1. The van der Waals surface area contributed by atoms with Gasteiger partial charge in [-0.1, -0.05) is 12.2 Å². The number of nitrogens with zero attached hydrogens (tertiary/aromatic N) is 1. The van der Waals surface area contributed by atoms with Crippen molar-refractivity contribution in [1.29, 1.82) is 0 Å². The molecule has 1 heterocycles. The molecule has 0 bridgehead atoms. The van der Waals surface area contributed by atoms with Gasteiger partial charge in [-0.05, 0) is 49.3 Å². The fourth-order valence-electron chi connectivity index (χ4n) is 2.48. The van der Waals surface area contributed by atoms with Gasteiger partial charge in [0.05, 0.1) is 6.61 Å². The summed E-state index contributed by atoms with van der Waals surface area (Å²) in [5.41, 5.74) is 11.6. The number of pyridine rings is 1. The Balaban J connectivity index is 1.58. The van der Waals surface area contributed by atoms with E-state index < -0.39 is 0 Å². The Hall–Kier alpha value is -1.23. The van der Waals surface area contributed by atoms with Gasteiger partial charge in [0.25, 0.3) is 0 Å². The summed E-state index contributed by atoms with van der Waals surface area (Å²) in [6.07, 6.45) is 7.80. The van der Waals surface area contributed by atoms with Crippen molar-refractivity contribution >= 4 is 0 Å². The zero-order valence-electron chi connectivity index (χ0n) is 11.3. The van der Waals surface area contributed by atoms with Crippen LogP contribution < -0.4 is 11.2 Å². The minimum Gasteiger partial charge on any atom is -0.327 e. The fourth-order valence-corrected chi connectivity index (χ4v) is 2.48. The summed E-state index contributed by atoms with van der Waals surface area (Å²) in [5, 5.41) is 0. The number of aromatic nitrogens is 1.